The van der Waals surface area contributed by atoms with E-state index in [0.717, 1.165) is 0 Å². The van der Waals surface area contributed by atoms with Gasteiger partial charge in [-0.3, -0.25) is 0 Å². The Morgan fingerprint density at radius 1 is 1.07 bits per heavy atom. The zero-order valence-electron chi connectivity index (χ0n) is 7.54. The molecule has 0 spiro atoms. The van der Waals surface area contributed by atoms with Gasteiger partial charge in [-0.2, -0.15) is 0 Å². The summed E-state index contributed by atoms with van der Waals surface area (Å²) in [5.74, 6) is -1.67. The number of hydrogen-bond donors (Lipinski definition) is 1. The molecule has 14 heavy (non-hydrogen) atoms. The highest BCUT2D eigenvalue weighted by molar-refractivity contribution is 6.44. The van der Waals surface area contributed by atoms with Crippen LogP contribution in [0.5, 0.6) is 5.75 Å². The third-order valence-electron chi connectivity index (χ3n) is 1.85. The van der Waals surface area contributed by atoms with Crippen molar-refractivity contribution >= 4 is 34.8 Å². The molecule has 0 unspecified atom stereocenters. The highest BCUT2D eigenvalue weighted by Crippen LogP contribution is 2.44. The summed E-state index contributed by atoms with van der Waals surface area (Å²) in [6, 6.07) is 0. The van der Waals surface area contributed by atoms with E-state index in [9.17, 15) is 9.50 Å². The number of hydrogen-bond acceptors (Lipinski definition) is 1. The zero-order valence-corrected chi connectivity index (χ0v) is 9.80. The van der Waals surface area contributed by atoms with Crippen LogP contribution in [-0.4, -0.2) is 5.11 Å². The van der Waals surface area contributed by atoms with Crippen molar-refractivity contribution in [3.05, 3.63) is 26.4 Å². The summed E-state index contributed by atoms with van der Waals surface area (Å²) >= 11 is 17.1. The molecule has 0 aliphatic rings. The second-order valence-corrected chi connectivity index (χ2v) is 4.31. The predicted octanol–water partition coefficient (Wildman–Crippen LogP) is 4.61. The van der Waals surface area contributed by atoms with E-state index in [0.29, 0.717) is 5.56 Å². The smallest absolute Gasteiger partial charge is 0.186 e. The normalized spacial score (nSPS) is 11.1. The lowest BCUT2D eigenvalue weighted by Crippen LogP contribution is -1.95. The number of benzene rings is 1. The molecule has 0 saturated heterocycles. The molecular weight excluding hydrogens is 249 g/mol. The fourth-order valence-corrected chi connectivity index (χ4v) is 2.18. The van der Waals surface area contributed by atoms with E-state index in [1.54, 1.807) is 0 Å². The van der Waals surface area contributed by atoms with Crippen LogP contribution in [0.4, 0.5) is 4.39 Å². The molecule has 1 N–H and O–H groups in total. The number of rotatable bonds is 1. The van der Waals surface area contributed by atoms with Gasteiger partial charge in [0.05, 0.1) is 15.1 Å². The topological polar surface area (TPSA) is 20.2 Å². The summed E-state index contributed by atoms with van der Waals surface area (Å²) in [4.78, 5) is 0. The van der Waals surface area contributed by atoms with Gasteiger partial charge < -0.3 is 5.11 Å². The summed E-state index contributed by atoms with van der Waals surface area (Å²) in [5, 5.41) is 8.98. The third-order valence-corrected chi connectivity index (χ3v) is 3.08. The Morgan fingerprint density at radius 2 is 1.57 bits per heavy atom. The van der Waals surface area contributed by atoms with Gasteiger partial charge in [-0.25, -0.2) is 4.39 Å². The molecule has 0 bridgehead atoms. The van der Waals surface area contributed by atoms with Crippen molar-refractivity contribution in [2.75, 3.05) is 0 Å². The summed E-state index contributed by atoms with van der Waals surface area (Å²) in [5.41, 5.74) is 0.456. The lowest BCUT2D eigenvalue weighted by atomic mass is 10.0. The Balaban J connectivity index is 3.60. The largest absolute Gasteiger partial charge is 0.504 e. The molecule has 0 amide bonds. The molecule has 0 aromatic heterocycles. The second-order valence-electron chi connectivity index (χ2n) is 3.17. The van der Waals surface area contributed by atoms with Gasteiger partial charge in [0.1, 0.15) is 0 Å². The van der Waals surface area contributed by atoms with Crippen LogP contribution in [0.15, 0.2) is 0 Å². The molecular formula is C9H8Cl3FO. The van der Waals surface area contributed by atoms with Crippen molar-refractivity contribution in [1.82, 2.24) is 0 Å². The van der Waals surface area contributed by atoms with Crippen LogP contribution in [0.25, 0.3) is 0 Å². The van der Waals surface area contributed by atoms with Crippen LogP contribution in [0.3, 0.4) is 0 Å². The van der Waals surface area contributed by atoms with Crippen molar-refractivity contribution in [3.63, 3.8) is 0 Å². The highest BCUT2D eigenvalue weighted by atomic mass is 35.5. The van der Waals surface area contributed by atoms with E-state index in [2.05, 4.69) is 0 Å². The monoisotopic (exact) mass is 256 g/mol. The van der Waals surface area contributed by atoms with Crippen LogP contribution >= 0.6 is 34.8 Å². The Hall–Kier alpha value is -0.180. The predicted molar refractivity (Wildman–Crippen MR) is 57.2 cm³/mol. The molecule has 78 valence electrons. The van der Waals surface area contributed by atoms with E-state index in [-0.39, 0.29) is 21.0 Å². The van der Waals surface area contributed by atoms with Gasteiger partial charge in [0.25, 0.3) is 0 Å². The molecule has 1 nitrogen and oxygen atoms in total. The van der Waals surface area contributed by atoms with E-state index in [1.807, 2.05) is 13.8 Å². The molecule has 0 radical (unpaired) electrons. The molecule has 5 heteroatoms. The Kier molecular flexibility index (Phi) is 3.51. The van der Waals surface area contributed by atoms with Crippen LogP contribution in [0.1, 0.15) is 25.3 Å². The maximum absolute atomic E-state index is 13.1. The number of aromatic hydroxyl groups is 1. The van der Waals surface area contributed by atoms with Gasteiger partial charge in [0.2, 0.25) is 0 Å². The van der Waals surface area contributed by atoms with E-state index < -0.39 is 11.6 Å². The number of phenolic OH excluding ortho intramolecular Hbond substituents is 1. The lowest BCUT2D eigenvalue weighted by Gasteiger charge is -2.14. The number of phenols is 1. The molecule has 0 saturated carbocycles. The fraction of sp³-hybridized carbons (Fsp3) is 0.333. The Morgan fingerprint density at radius 3 is 2.00 bits per heavy atom. The zero-order chi connectivity index (χ0) is 11.0. The quantitative estimate of drug-likeness (QED) is 0.575. The molecule has 0 aliphatic carbocycles. The van der Waals surface area contributed by atoms with Gasteiger partial charge in [-0.15, -0.1) is 0 Å². The highest BCUT2D eigenvalue weighted by Gasteiger charge is 2.22. The van der Waals surface area contributed by atoms with Crippen LogP contribution < -0.4 is 0 Å². The molecule has 0 heterocycles. The molecule has 0 fully saturated rings. The van der Waals surface area contributed by atoms with Crippen molar-refractivity contribution in [1.29, 1.82) is 0 Å². The first-order valence-electron chi connectivity index (χ1n) is 3.92. The molecule has 0 atom stereocenters. The van der Waals surface area contributed by atoms with Gasteiger partial charge in [-0.05, 0) is 11.5 Å². The maximum atomic E-state index is 13.1. The summed E-state index contributed by atoms with van der Waals surface area (Å²) in [6.45, 7) is 3.64. The molecule has 1 aromatic rings. The lowest BCUT2D eigenvalue weighted by molar-refractivity contribution is 0.431. The fourth-order valence-electron chi connectivity index (χ4n) is 1.15. The number of halogens is 4. The van der Waals surface area contributed by atoms with Gasteiger partial charge >= 0.3 is 0 Å². The second kappa shape index (κ2) is 4.13. The van der Waals surface area contributed by atoms with Crippen molar-refractivity contribution in [3.8, 4) is 5.75 Å². The molecule has 1 rings (SSSR count). The SMILES string of the molecule is CC(C)c1c(Cl)c(O)c(F)c(Cl)c1Cl. The summed E-state index contributed by atoms with van der Waals surface area (Å²) in [6.07, 6.45) is 0. The first-order valence-corrected chi connectivity index (χ1v) is 5.06. The van der Waals surface area contributed by atoms with Crippen molar-refractivity contribution in [2.24, 2.45) is 0 Å². The van der Waals surface area contributed by atoms with Crippen LogP contribution in [0, 0.1) is 5.82 Å². The Labute approximate surface area is 96.4 Å². The molecule has 1 aromatic carbocycles. The van der Waals surface area contributed by atoms with Crippen molar-refractivity contribution < 1.29 is 9.50 Å². The minimum absolute atomic E-state index is 0.0426. The first kappa shape index (κ1) is 11.9. The minimum atomic E-state index is -0.980. The van der Waals surface area contributed by atoms with Crippen LogP contribution in [0.2, 0.25) is 15.1 Å². The average Bonchev–Trinajstić information content (AvgIpc) is 2.11. The minimum Gasteiger partial charge on any atom is -0.504 e. The summed E-state index contributed by atoms with van der Waals surface area (Å²) < 4.78 is 13.1. The Bertz CT molecular complexity index is 348. The summed E-state index contributed by atoms with van der Waals surface area (Å²) in [7, 11) is 0. The average molecular weight is 258 g/mol. The standard InChI is InChI=1S/C9H8Cl3FO/c1-3(2)4-5(10)7(12)8(13)9(14)6(4)11/h3,14H,1-2H3. The third kappa shape index (κ3) is 1.79. The van der Waals surface area contributed by atoms with E-state index >= 15 is 0 Å². The first-order chi connectivity index (χ1) is 6.37. The van der Waals surface area contributed by atoms with Gasteiger partial charge in [0.15, 0.2) is 11.6 Å². The van der Waals surface area contributed by atoms with Crippen LogP contribution in [-0.2, 0) is 0 Å². The van der Waals surface area contributed by atoms with Gasteiger partial charge in [0, 0.05) is 0 Å². The van der Waals surface area contributed by atoms with E-state index in [1.165, 1.54) is 0 Å². The van der Waals surface area contributed by atoms with Gasteiger partial charge in [-0.1, -0.05) is 48.7 Å². The van der Waals surface area contributed by atoms with E-state index in [4.69, 9.17) is 34.8 Å². The van der Waals surface area contributed by atoms with Crippen molar-refractivity contribution in [2.45, 2.75) is 19.8 Å². The molecule has 0 aliphatic heterocycles. The maximum Gasteiger partial charge on any atom is 0.186 e.